The minimum atomic E-state index is -0.354. The lowest BCUT2D eigenvalue weighted by Crippen LogP contribution is -2.18. The van der Waals surface area contributed by atoms with Gasteiger partial charge in [-0.05, 0) is 19.3 Å². The molecule has 0 amide bonds. The van der Waals surface area contributed by atoms with Crippen molar-refractivity contribution in [2.24, 2.45) is 5.73 Å². The first-order valence-corrected chi connectivity index (χ1v) is 4.84. The molecule has 0 aliphatic carbocycles. The maximum atomic E-state index is 9.08. The molecular weight excluding hydrogens is 150 g/mol. The van der Waals surface area contributed by atoms with Crippen molar-refractivity contribution in [2.75, 3.05) is 6.54 Å². The van der Waals surface area contributed by atoms with Gasteiger partial charge in [0.05, 0.1) is 6.10 Å². The molecule has 3 N–H and O–H groups in total. The van der Waals surface area contributed by atoms with Crippen molar-refractivity contribution >= 4 is 0 Å². The molecule has 0 bridgehead atoms. The van der Waals surface area contributed by atoms with E-state index >= 15 is 0 Å². The number of rotatable bonds is 7. The Morgan fingerprint density at radius 3 is 2.67 bits per heavy atom. The highest BCUT2D eigenvalue weighted by atomic mass is 16.3. The summed E-state index contributed by atoms with van der Waals surface area (Å²) in [4.78, 5) is 0. The predicted molar refractivity (Wildman–Crippen MR) is 53.0 cm³/mol. The summed E-state index contributed by atoms with van der Waals surface area (Å²) in [6.45, 7) is 2.56. The molecule has 0 heterocycles. The van der Waals surface area contributed by atoms with Crippen molar-refractivity contribution in [3.8, 4) is 0 Å². The normalized spacial score (nSPS) is 13.9. The summed E-state index contributed by atoms with van der Waals surface area (Å²) in [6, 6.07) is 0. The molecule has 0 rings (SSSR count). The molecular formula is C10H21NO. The Morgan fingerprint density at radius 2 is 2.08 bits per heavy atom. The summed E-state index contributed by atoms with van der Waals surface area (Å²) in [5, 5.41) is 9.08. The molecule has 0 aromatic heterocycles. The number of aliphatic hydroxyl groups excluding tert-OH is 1. The van der Waals surface area contributed by atoms with Gasteiger partial charge in [-0.2, -0.15) is 0 Å². The molecule has 0 saturated heterocycles. The highest BCUT2D eigenvalue weighted by Gasteiger charge is 1.94. The fourth-order valence-electron chi connectivity index (χ4n) is 0.980. The lowest BCUT2D eigenvalue weighted by Gasteiger charge is -2.01. The number of hydrogen-bond donors (Lipinski definition) is 2. The molecule has 0 spiro atoms. The molecule has 1 unspecified atom stereocenters. The SMILES string of the molecule is CCCCC/C=C/CC(O)CN. The van der Waals surface area contributed by atoms with Crippen LogP contribution in [0.15, 0.2) is 12.2 Å². The van der Waals surface area contributed by atoms with Crippen LogP contribution in [0.25, 0.3) is 0 Å². The molecule has 0 aromatic carbocycles. The van der Waals surface area contributed by atoms with Gasteiger partial charge in [-0.25, -0.2) is 0 Å². The first-order valence-electron chi connectivity index (χ1n) is 4.84. The Bertz CT molecular complexity index is 112. The molecule has 0 aliphatic heterocycles. The zero-order valence-electron chi connectivity index (χ0n) is 8.00. The Labute approximate surface area is 75.5 Å². The van der Waals surface area contributed by atoms with Crippen LogP contribution >= 0.6 is 0 Å². The topological polar surface area (TPSA) is 46.2 Å². The minimum absolute atomic E-state index is 0.354. The van der Waals surface area contributed by atoms with E-state index in [2.05, 4.69) is 13.0 Å². The summed E-state index contributed by atoms with van der Waals surface area (Å²) >= 11 is 0. The maximum Gasteiger partial charge on any atom is 0.0696 e. The van der Waals surface area contributed by atoms with Crippen molar-refractivity contribution < 1.29 is 5.11 Å². The van der Waals surface area contributed by atoms with Crippen molar-refractivity contribution in [3.63, 3.8) is 0 Å². The standard InChI is InChI=1S/C10H21NO/c1-2-3-4-5-6-7-8-10(12)9-11/h6-7,10,12H,2-5,8-9,11H2,1H3/b7-6+. The van der Waals surface area contributed by atoms with Gasteiger partial charge in [0.15, 0.2) is 0 Å². The molecule has 0 fully saturated rings. The largest absolute Gasteiger partial charge is 0.391 e. The van der Waals surface area contributed by atoms with E-state index in [0.717, 1.165) is 6.42 Å². The number of hydrogen-bond acceptors (Lipinski definition) is 2. The van der Waals surface area contributed by atoms with Crippen LogP contribution in [0.5, 0.6) is 0 Å². The van der Waals surface area contributed by atoms with E-state index in [0.29, 0.717) is 13.0 Å². The fraction of sp³-hybridized carbons (Fsp3) is 0.800. The van der Waals surface area contributed by atoms with E-state index in [1.165, 1.54) is 19.3 Å². The smallest absolute Gasteiger partial charge is 0.0696 e. The molecule has 1 atom stereocenters. The van der Waals surface area contributed by atoms with Crippen molar-refractivity contribution in [3.05, 3.63) is 12.2 Å². The Balaban J connectivity index is 3.13. The van der Waals surface area contributed by atoms with E-state index in [9.17, 15) is 0 Å². The molecule has 0 radical (unpaired) electrons. The van der Waals surface area contributed by atoms with Crippen molar-refractivity contribution in [1.82, 2.24) is 0 Å². The molecule has 2 nitrogen and oxygen atoms in total. The average molecular weight is 171 g/mol. The van der Waals surface area contributed by atoms with E-state index in [1.54, 1.807) is 0 Å². The Kier molecular flexibility index (Phi) is 8.51. The summed E-state index contributed by atoms with van der Waals surface area (Å²) in [6.07, 6.45) is 9.44. The summed E-state index contributed by atoms with van der Waals surface area (Å²) in [5.74, 6) is 0. The first-order chi connectivity index (χ1) is 5.81. The van der Waals surface area contributed by atoms with Gasteiger partial charge in [-0.15, -0.1) is 0 Å². The van der Waals surface area contributed by atoms with Gasteiger partial charge in [-0.1, -0.05) is 31.9 Å². The van der Waals surface area contributed by atoms with Gasteiger partial charge in [0.25, 0.3) is 0 Å². The van der Waals surface area contributed by atoms with Crippen LogP contribution in [-0.4, -0.2) is 17.8 Å². The Morgan fingerprint density at radius 1 is 1.33 bits per heavy atom. The summed E-state index contributed by atoms with van der Waals surface area (Å²) < 4.78 is 0. The van der Waals surface area contributed by atoms with E-state index in [-0.39, 0.29) is 6.10 Å². The van der Waals surface area contributed by atoms with Crippen LogP contribution in [0.4, 0.5) is 0 Å². The van der Waals surface area contributed by atoms with Crippen molar-refractivity contribution in [1.29, 1.82) is 0 Å². The number of unbranched alkanes of at least 4 members (excludes halogenated alkanes) is 3. The molecule has 72 valence electrons. The van der Waals surface area contributed by atoms with Gasteiger partial charge in [0, 0.05) is 6.54 Å². The highest BCUT2D eigenvalue weighted by molar-refractivity contribution is 4.84. The van der Waals surface area contributed by atoms with Gasteiger partial charge in [0.1, 0.15) is 0 Å². The molecule has 12 heavy (non-hydrogen) atoms. The Hall–Kier alpha value is -0.340. The maximum absolute atomic E-state index is 9.08. The third kappa shape index (κ3) is 7.76. The van der Waals surface area contributed by atoms with Gasteiger partial charge < -0.3 is 10.8 Å². The van der Waals surface area contributed by atoms with Gasteiger partial charge in [0.2, 0.25) is 0 Å². The van der Waals surface area contributed by atoms with Crippen molar-refractivity contribution in [2.45, 2.75) is 45.1 Å². The van der Waals surface area contributed by atoms with Gasteiger partial charge in [-0.3, -0.25) is 0 Å². The fourth-order valence-corrected chi connectivity index (χ4v) is 0.980. The van der Waals surface area contributed by atoms with Crippen LogP contribution in [0, 0.1) is 0 Å². The van der Waals surface area contributed by atoms with Crippen LogP contribution in [-0.2, 0) is 0 Å². The second-order valence-electron chi connectivity index (χ2n) is 3.09. The zero-order valence-corrected chi connectivity index (χ0v) is 8.00. The molecule has 0 aromatic rings. The second-order valence-corrected chi connectivity index (χ2v) is 3.09. The number of nitrogens with two attached hydrogens (primary N) is 1. The lowest BCUT2D eigenvalue weighted by atomic mass is 10.2. The van der Waals surface area contributed by atoms with E-state index in [1.807, 2.05) is 6.08 Å². The summed E-state index contributed by atoms with van der Waals surface area (Å²) in [5.41, 5.74) is 5.25. The van der Waals surface area contributed by atoms with E-state index in [4.69, 9.17) is 10.8 Å². The second kappa shape index (κ2) is 8.75. The average Bonchev–Trinajstić information content (AvgIpc) is 2.10. The highest BCUT2D eigenvalue weighted by Crippen LogP contribution is 2.00. The third-order valence-corrected chi connectivity index (χ3v) is 1.82. The first kappa shape index (κ1) is 11.7. The monoisotopic (exact) mass is 171 g/mol. The van der Waals surface area contributed by atoms with Crippen LogP contribution < -0.4 is 5.73 Å². The third-order valence-electron chi connectivity index (χ3n) is 1.82. The molecule has 2 heteroatoms. The van der Waals surface area contributed by atoms with Crippen LogP contribution in [0.2, 0.25) is 0 Å². The predicted octanol–water partition coefficient (Wildman–Crippen LogP) is 1.83. The minimum Gasteiger partial charge on any atom is -0.391 e. The van der Waals surface area contributed by atoms with Crippen LogP contribution in [0.3, 0.4) is 0 Å². The van der Waals surface area contributed by atoms with E-state index < -0.39 is 0 Å². The number of aliphatic hydroxyl groups is 1. The summed E-state index contributed by atoms with van der Waals surface area (Å²) in [7, 11) is 0. The quantitative estimate of drug-likeness (QED) is 0.453. The van der Waals surface area contributed by atoms with Gasteiger partial charge >= 0.3 is 0 Å². The molecule has 0 saturated carbocycles. The molecule has 0 aliphatic rings. The number of allylic oxidation sites excluding steroid dienone is 1. The van der Waals surface area contributed by atoms with Crippen LogP contribution in [0.1, 0.15) is 39.0 Å². The lowest BCUT2D eigenvalue weighted by molar-refractivity contribution is 0.186. The zero-order chi connectivity index (χ0) is 9.23.